The molecule has 1 aromatic carbocycles. The number of ether oxygens (including phenoxy) is 10. The lowest BCUT2D eigenvalue weighted by molar-refractivity contribution is -0.114. The summed E-state index contributed by atoms with van der Waals surface area (Å²) in [4.78, 5) is 11.0. The Bertz CT molecular complexity index is 709. The summed E-state index contributed by atoms with van der Waals surface area (Å²) in [6, 6.07) is 7.18. The fourth-order valence-electron chi connectivity index (χ4n) is 3.16. The molecule has 12 nitrogen and oxygen atoms in total. The minimum Gasteiger partial charge on any atom is -0.491 e. The van der Waals surface area contributed by atoms with Gasteiger partial charge in [-0.1, -0.05) is 13.3 Å². The van der Waals surface area contributed by atoms with Gasteiger partial charge in [0.05, 0.1) is 112 Å². The average molecular weight is 604 g/mol. The molecule has 0 saturated heterocycles. The topological polar surface area (TPSA) is 121 Å². The van der Waals surface area contributed by atoms with Crippen LogP contribution in [0.2, 0.25) is 0 Å². The van der Waals surface area contributed by atoms with Crippen molar-refractivity contribution in [2.75, 3.05) is 131 Å². The number of anilines is 1. The first-order valence-corrected chi connectivity index (χ1v) is 14.9. The van der Waals surface area contributed by atoms with E-state index in [1.807, 2.05) is 0 Å². The average Bonchev–Trinajstić information content (AvgIpc) is 2.98. The Kier molecular flexibility index (Phi) is 27.8. The van der Waals surface area contributed by atoms with E-state index in [9.17, 15) is 4.79 Å². The van der Waals surface area contributed by atoms with Crippen LogP contribution >= 0.6 is 0 Å². The minimum atomic E-state index is -0.105. The van der Waals surface area contributed by atoms with Crippen LogP contribution in [-0.4, -0.2) is 131 Å². The number of carbonyl (C=O) groups excluding carboxylic acids is 1. The van der Waals surface area contributed by atoms with Gasteiger partial charge in [-0.05, 0) is 30.7 Å². The molecule has 244 valence electrons. The Morgan fingerprint density at radius 1 is 0.500 bits per heavy atom. The fourth-order valence-corrected chi connectivity index (χ4v) is 3.16. The van der Waals surface area contributed by atoms with Crippen molar-refractivity contribution >= 4 is 11.6 Å². The molecule has 0 heterocycles. The van der Waals surface area contributed by atoms with Gasteiger partial charge >= 0.3 is 0 Å². The van der Waals surface area contributed by atoms with Gasteiger partial charge < -0.3 is 52.7 Å². The number of unbranched alkanes of at least 4 members (excludes halogenated alkanes) is 1. The van der Waals surface area contributed by atoms with Gasteiger partial charge in [-0.15, -0.1) is 0 Å². The number of hydrogen-bond donors (Lipinski definition) is 1. The van der Waals surface area contributed by atoms with E-state index in [1.54, 1.807) is 24.3 Å². The quantitative estimate of drug-likeness (QED) is 0.122. The van der Waals surface area contributed by atoms with Gasteiger partial charge in [0.25, 0.3) is 0 Å². The van der Waals surface area contributed by atoms with Gasteiger partial charge in [-0.3, -0.25) is 4.79 Å². The van der Waals surface area contributed by atoms with E-state index in [2.05, 4.69) is 12.2 Å². The van der Waals surface area contributed by atoms with Crippen LogP contribution in [0.3, 0.4) is 0 Å². The standard InChI is InChI=1S/C30H53NO11/c1-3-4-9-33-10-11-34-12-13-35-14-15-36-16-17-37-18-19-38-20-21-39-22-23-40-24-25-41-26-27-42-30-7-5-29(6-8-30)31-28(2)32/h5-8H,3-4,9-27H2,1-2H3,(H,31,32). The molecular formula is C30H53NO11. The molecule has 1 aromatic rings. The van der Waals surface area contributed by atoms with E-state index in [0.717, 1.165) is 30.9 Å². The molecule has 0 radical (unpaired) electrons. The number of benzene rings is 1. The highest BCUT2D eigenvalue weighted by Crippen LogP contribution is 2.15. The van der Waals surface area contributed by atoms with Crippen LogP contribution in [0, 0.1) is 0 Å². The van der Waals surface area contributed by atoms with E-state index in [4.69, 9.17) is 47.4 Å². The van der Waals surface area contributed by atoms with Crippen molar-refractivity contribution in [3.8, 4) is 5.75 Å². The van der Waals surface area contributed by atoms with Gasteiger partial charge in [-0.2, -0.15) is 0 Å². The Hall–Kier alpha value is -1.87. The molecule has 0 fully saturated rings. The van der Waals surface area contributed by atoms with Gasteiger partial charge in [0.1, 0.15) is 12.4 Å². The van der Waals surface area contributed by atoms with E-state index in [1.165, 1.54) is 6.92 Å². The maximum atomic E-state index is 11.0. The number of rotatable bonds is 32. The highest BCUT2D eigenvalue weighted by Gasteiger charge is 1.99. The Morgan fingerprint density at radius 2 is 0.810 bits per heavy atom. The van der Waals surface area contributed by atoms with E-state index >= 15 is 0 Å². The van der Waals surface area contributed by atoms with Crippen molar-refractivity contribution < 1.29 is 52.2 Å². The van der Waals surface area contributed by atoms with Gasteiger partial charge in [-0.25, -0.2) is 0 Å². The molecule has 1 rings (SSSR count). The lowest BCUT2D eigenvalue weighted by atomic mass is 10.3. The van der Waals surface area contributed by atoms with E-state index in [-0.39, 0.29) is 5.91 Å². The molecule has 0 aromatic heterocycles. The second kappa shape index (κ2) is 30.6. The summed E-state index contributed by atoms with van der Waals surface area (Å²) in [5, 5.41) is 2.71. The smallest absolute Gasteiger partial charge is 0.221 e. The molecule has 0 aliphatic carbocycles. The van der Waals surface area contributed by atoms with Crippen molar-refractivity contribution in [1.29, 1.82) is 0 Å². The molecule has 0 aliphatic rings. The lowest BCUT2D eigenvalue weighted by Crippen LogP contribution is -2.15. The summed E-state index contributed by atoms with van der Waals surface area (Å²) in [6.07, 6.45) is 2.24. The van der Waals surface area contributed by atoms with Crippen molar-refractivity contribution in [2.45, 2.75) is 26.7 Å². The summed E-state index contributed by atoms with van der Waals surface area (Å²) in [6.45, 7) is 13.8. The zero-order valence-corrected chi connectivity index (χ0v) is 25.6. The highest BCUT2D eigenvalue weighted by molar-refractivity contribution is 5.88. The second-order valence-corrected chi connectivity index (χ2v) is 8.92. The summed E-state index contributed by atoms with van der Waals surface area (Å²) < 4.78 is 54.7. The maximum absolute atomic E-state index is 11.0. The number of nitrogens with one attached hydrogen (secondary N) is 1. The minimum absolute atomic E-state index is 0.105. The molecule has 42 heavy (non-hydrogen) atoms. The zero-order valence-electron chi connectivity index (χ0n) is 25.6. The lowest BCUT2D eigenvalue weighted by Gasteiger charge is -2.09. The first-order chi connectivity index (χ1) is 20.7. The molecule has 0 bridgehead atoms. The summed E-state index contributed by atoms with van der Waals surface area (Å²) >= 11 is 0. The largest absolute Gasteiger partial charge is 0.491 e. The van der Waals surface area contributed by atoms with Crippen LogP contribution < -0.4 is 10.1 Å². The van der Waals surface area contributed by atoms with Crippen molar-refractivity contribution in [3.05, 3.63) is 24.3 Å². The van der Waals surface area contributed by atoms with Crippen LogP contribution in [0.4, 0.5) is 5.69 Å². The fraction of sp³-hybridized carbons (Fsp3) is 0.767. The van der Waals surface area contributed by atoms with Crippen LogP contribution in [0.15, 0.2) is 24.3 Å². The molecule has 0 atom stereocenters. The Morgan fingerprint density at radius 3 is 1.12 bits per heavy atom. The summed E-state index contributed by atoms with van der Waals surface area (Å²) in [7, 11) is 0. The highest BCUT2D eigenvalue weighted by atomic mass is 16.6. The molecule has 0 saturated carbocycles. The number of carbonyl (C=O) groups is 1. The van der Waals surface area contributed by atoms with E-state index in [0.29, 0.717) is 119 Å². The van der Waals surface area contributed by atoms with Crippen LogP contribution in [0.5, 0.6) is 5.75 Å². The molecule has 1 amide bonds. The predicted molar refractivity (Wildman–Crippen MR) is 159 cm³/mol. The summed E-state index contributed by atoms with van der Waals surface area (Å²) in [5.74, 6) is 0.615. The van der Waals surface area contributed by atoms with Crippen LogP contribution in [0.1, 0.15) is 26.7 Å². The zero-order chi connectivity index (χ0) is 30.2. The van der Waals surface area contributed by atoms with Gasteiger partial charge in [0.15, 0.2) is 0 Å². The normalized spacial score (nSPS) is 11.2. The molecule has 12 heteroatoms. The molecule has 1 N–H and O–H groups in total. The Labute approximate surface area is 251 Å². The molecule has 0 spiro atoms. The first kappa shape index (κ1) is 38.2. The van der Waals surface area contributed by atoms with Crippen molar-refractivity contribution in [2.24, 2.45) is 0 Å². The van der Waals surface area contributed by atoms with Crippen molar-refractivity contribution in [1.82, 2.24) is 0 Å². The second-order valence-electron chi connectivity index (χ2n) is 8.92. The number of hydrogen-bond acceptors (Lipinski definition) is 11. The summed E-state index contributed by atoms with van der Waals surface area (Å²) in [5.41, 5.74) is 0.734. The predicted octanol–water partition coefficient (Wildman–Crippen LogP) is 2.97. The monoisotopic (exact) mass is 603 g/mol. The van der Waals surface area contributed by atoms with Gasteiger partial charge in [0, 0.05) is 19.2 Å². The third-order valence-corrected chi connectivity index (χ3v) is 5.29. The molecule has 0 unspecified atom stereocenters. The third-order valence-electron chi connectivity index (χ3n) is 5.29. The third kappa shape index (κ3) is 27.0. The molecular weight excluding hydrogens is 550 g/mol. The van der Waals surface area contributed by atoms with E-state index < -0.39 is 0 Å². The van der Waals surface area contributed by atoms with Crippen LogP contribution in [-0.2, 0) is 47.4 Å². The maximum Gasteiger partial charge on any atom is 0.221 e. The first-order valence-electron chi connectivity index (χ1n) is 14.9. The SMILES string of the molecule is CCCCOCCOCCOCCOCCOCCOCCOCCOCCOCCOc1ccc(NC(C)=O)cc1. The number of amides is 1. The Balaban J connectivity index is 1.68. The van der Waals surface area contributed by atoms with Crippen molar-refractivity contribution in [3.63, 3.8) is 0 Å². The molecule has 0 aliphatic heterocycles. The van der Waals surface area contributed by atoms with Crippen LogP contribution in [0.25, 0.3) is 0 Å². The van der Waals surface area contributed by atoms with Gasteiger partial charge in [0.2, 0.25) is 5.91 Å².